The lowest BCUT2D eigenvalue weighted by atomic mass is 10.2. The van der Waals surface area contributed by atoms with Gasteiger partial charge in [-0.05, 0) is 23.8 Å². The molecule has 20 heavy (non-hydrogen) atoms. The van der Waals surface area contributed by atoms with Crippen molar-refractivity contribution in [2.75, 3.05) is 22.5 Å². The van der Waals surface area contributed by atoms with E-state index in [2.05, 4.69) is 46.6 Å². The molecule has 0 spiro atoms. The van der Waals surface area contributed by atoms with Crippen LogP contribution < -0.4 is 10.2 Å². The van der Waals surface area contributed by atoms with Gasteiger partial charge in [0.1, 0.15) is 0 Å². The Hall–Kier alpha value is -1.94. The Labute approximate surface area is 123 Å². The van der Waals surface area contributed by atoms with Crippen LogP contribution in [0.25, 0.3) is 0 Å². The van der Waals surface area contributed by atoms with Crippen molar-refractivity contribution in [2.24, 2.45) is 0 Å². The van der Waals surface area contributed by atoms with Crippen molar-refractivity contribution in [1.82, 2.24) is 0 Å². The van der Waals surface area contributed by atoms with E-state index in [1.54, 1.807) is 0 Å². The summed E-state index contributed by atoms with van der Waals surface area (Å²) in [7, 11) is 0. The molecule has 102 valence electrons. The number of anilines is 2. The third kappa shape index (κ3) is 2.80. The number of carbonyl (C=O) groups excluding carboxylic acids is 1. The first-order valence-electron chi connectivity index (χ1n) is 6.63. The second-order valence-electron chi connectivity index (χ2n) is 4.70. The van der Waals surface area contributed by atoms with Crippen LogP contribution in [-0.2, 0) is 11.3 Å². The van der Waals surface area contributed by atoms with E-state index in [1.807, 2.05) is 23.9 Å². The molecule has 0 radical (unpaired) electrons. The molecule has 3 nitrogen and oxygen atoms in total. The molecule has 1 aliphatic rings. The molecule has 3 rings (SSSR count). The second kappa shape index (κ2) is 6.01. The molecule has 2 aromatic rings. The van der Waals surface area contributed by atoms with E-state index in [1.165, 1.54) is 16.1 Å². The predicted octanol–water partition coefficient (Wildman–Crippen LogP) is 3.37. The Balaban J connectivity index is 1.88. The van der Waals surface area contributed by atoms with Gasteiger partial charge in [0.25, 0.3) is 0 Å². The number of hydrogen-bond donors (Lipinski definition) is 1. The van der Waals surface area contributed by atoms with Crippen LogP contribution in [0.15, 0.2) is 53.4 Å². The van der Waals surface area contributed by atoms with Crippen LogP contribution in [0, 0.1) is 0 Å². The monoisotopic (exact) mass is 284 g/mol. The molecule has 0 unspecified atom stereocenters. The van der Waals surface area contributed by atoms with Crippen LogP contribution in [-0.4, -0.2) is 18.7 Å². The molecular weight excluding hydrogens is 268 g/mol. The molecule has 4 heteroatoms. The summed E-state index contributed by atoms with van der Waals surface area (Å²) in [6, 6.07) is 16.6. The topological polar surface area (TPSA) is 32.3 Å². The standard InChI is InChI=1S/C16H16N2OS/c19-12-17-14-6-7-16-15(10-14)18(8-9-20-16)11-13-4-2-1-3-5-13/h1-7,10,12H,8-9,11H2,(H,17,19). The van der Waals surface area contributed by atoms with Crippen molar-refractivity contribution in [3.05, 3.63) is 54.1 Å². The Morgan fingerprint density at radius 1 is 1.20 bits per heavy atom. The molecule has 1 aliphatic heterocycles. The van der Waals surface area contributed by atoms with Gasteiger partial charge in [-0.25, -0.2) is 0 Å². The molecule has 0 bridgehead atoms. The lowest BCUT2D eigenvalue weighted by Gasteiger charge is -2.31. The van der Waals surface area contributed by atoms with Crippen LogP contribution in [0.4, 0.5) is 11.4 Å². The Morgan fingerprint density at radius 3 is 2.85 bits per heavy atom. The summed E-state index contributed by atoms with van der Waals surface area (Å²) in [6.07, 6.45) is 0.721. The number of thioether (sulfide) groups is 1. The van der Waals surface area contributed by atoms with Gasteiger partial charge in [0.2, 0.25) is 6.41 Å². The molecule has 0 atom stereocenters. The maximum atomic E-state index is 10.6. The van der Waals surface area contributed by atoms with E-state index < -0.39 is 0 Å². The zero-order chi connectivity index (χ0) is 13.8. The minimum absolute atomic E-state index is 0.721. The number of nitrogens with one attached hydrogen (secondary N) is 1. The van der Waals surface area contributed by atoms with Gasteiger partial charge in [-0.3, -0.25) is 4.79 Å². The molecule has 0 aliphatic carbocycles. The van der Waals surface area contributed by atoms with Crippen molar-refractivity contribution in [2.45, 2.75) is 11.4 Å². The minimum atomic E-state index is 0.721. The van der Waals surface area contributed by atoms with Crippen molar-refractivity contribution < 1.29 is 4.79 Å². The predicted molar refractivity (Wildman–Crippen MR) is 84.3 cm³/mol. The van der Waals surface area contributed by atoms with E-state index in [4.69, 9.17) is 0 Å². The van der Waals surface area contributed by atoms with E-state index >= 15 is 0 Å². The van der Waals surface area contributed by atoms with Gasteiger partial charge in [-0.15, -0.1) is 11.8 Å². The van der Waals surface area contributed by atoms with Crippen molar-refractivity contribution in [1.29, 1.82) is 0 Å². The molecule has 2 aromatic carbocycles. The smallest absolute Gasteiger partial charge is 0.211 e. The molecular formula is C16H16N2OS. The van der Waals surface area contributed by atoms with Gasteiger partial charge in [0.15, 0.2) is 0 Å². The Kier molecular flexibility index (Phi) is 3.92. The maximum Gasteiger partial charge on any atom is 0.211 e. The number of fused-ring (bicyclic) bond motifs is 1. The molecule has 1 heterocycles. The van der Waals surface area contributed by atoms with Crippen molar-refractivity contribution >= 4 is 29.5 Å². The van der Waals surface area contributed by atoms with Crippen LogP contribution in [0.2, 0.25) is 0 Å². The largest absolute Gasteiger partial charge is 0.365 e. The van der Waals surface area contributed by atoms with Crippen LogP contribution in [0.3, 0.4) is 0 Å². The molecule has 0 aromatic heterocycles. The third-order valence-electron chi connectivity index (χ3n) is 3.36. The van der Waals surface area contributed by atoms with Crippen LogP contribution in [0.1, 0.15) is 5.56 Å². The van der Waals surface area contributed by atoms with Crippen LogP contribution >= 0.6 is 11.8 Å². The summed E-state index contributed by atoms with van der Waals surface area (Å²) in [5.41, 5.74) is 3.36. The van der Waals surface area contributed by atoms with Gasteiger partial charge in [0, 0.05) is 29.4 Å². The molecule has 1 N–H and O–H groups in total. The quantitative estimate of drug-likeness (QED) is 0.874. The first-order chi connectivity index (χ1) is 9.86. The van der Waals surface area contributed by atoms with E-state index in [9.17, 15) is 4.79 Å². The average molecular weight is 284 g/mol. The SMILES string of the molecule is O=CNc1ccc2c(c1)N(Cc1ccccc1)CCS2. The molecule has 1 amide bonds. The van der Waals surface area contributed by atoms with Crippen LogP contribution in [0.5, 0.6) is 0 Å². The summed E-state index contributed by atoms with van der Waals surface area (Å²) >= 11 is 1.87. The number of hydrogen-bond acceptors (Lipinski definition) is 3. The third-order valence-corrected chi connectivity index (χ3v) is 4.40. The lowest BCUT2D eigenvalue weighted by Crippen LogP contribution is -2.28. The van der Waals surface area contributed by atoms with Crippen molar-refractivity contribution in [3.8, 4) is 0 Å². The molecule has 0 fully saturated rings. The zero-order valence-electron chi connectivity index (χ0n) is 11.1. The van der Waals surface area contributed by atoms with Gasteiger partial charge in [-0.2, -0.15) is 0 Å². The highest BCUT2D eigenvalue weighted by Gasteiger charge is 2.17. The summed E-state index contributed by atoms with van der Waals surface area (Å²) in [4.78, 5) is 14.2. The van der Waals surface area contributed by atoms with E-state index in [0.717, 1.165) is 30.9 Å². The fourth-order valence-corrected chi connectivity index (χ4v) is 3.43. The highest BCUT2D eigenvalue weighted by Crippen LogP contribution is 2.37. The summed E-state index contributed by atoms with van der Waals surface area (Å²) in [5.74, 6) is 1.10. The normalized spacial score (nSPS) is 13.7. The van der Waals surface area contributed by atoms with Gasteiger partial charge >= 0.3 is 0 Å². The number of carbonyl (C=O) groups is 1. The first-order valence-corrected chi connectivity index (χ1v) is 7.61. The number of amides is 1. The fraction of sp³-hybridized carbons (Fsp3) is 0.188. The Morgan fingerprint density at radius 2 is 2.05 bits per heavy atom. The fourth-order valence-electron chi connectivity index (χ4n) is 2.40. The number of benzene rings is 2. The van der Waals surface area contributed by atoms with Gasteiger partial charge < -0.3 is 10.2 Å². The number of nitrogens with zero attached hydrogens (tertiary/aromatic N) is 1. The van der Waals surface area contributed by atoms with Gasteiger partial charge in [-0.1, -0.05) is 30.3 Å². The lowest BCUT2D eigenvalue weighted by molar-refractivity contribution is -0.105. The molecule has 0 saturated carbocycles. The van der Waals surface area contributed by atoms with E-state index in [-0.39, 0.29) is 0 Å². The van der Waals surface area contributed by atoms with Crippen molar-refractivity contribution in [3.63, 3.8) is 0 Å². The highest BCUT2D eigenvalue weighted by molar-refractivity contribution is 7.99. The highest BCUT2D eigenvalue weighted by atomic mass is 32.2. The minimum Gasteiger partial charge on any atom is -0.365 e. The Bertz CT molecular complexity index is 601. The average Bonchev–Trinajstić information content (AvgIpc) is 2.49. The zero-order valence-corrected chi connectivity index (χ0v) is 11.9. The summed E-state index contributed by atoms with van der Waals surface area (Å²) in [6.45, 7) is 1.93. The summed E-state index contributed by atoms with van der Waals surface area (Å²) < 4.78 is 0. The van der Waals surface area contributed by atoms with Gasteiger partial charge in [0.05, 0.1) is 5.69 Å². The second-order valence-corrected chi connectivity index (χ2v) is 5.84. The molecule has 0 saturated heterocycles. The maximum absolute atomic E-state index is 10.6. The summed E-state index contributed by atoms with van der Waals surface area (Å²) in [5, 5.41) is 2.73. The van der Waals surface area contributed by atoms with E-state index in [0.29, 0.717) is 0 Å². The number of rotatable bonds is 4. The first kappa shape index (κ1) is 13.1.